The minimum atomic E-state index is -4.33. The fraction of sp³-hybridized carbons (Fsp3) is 0.235. The molecule has 2 aromatic rings. The van der Waals surface area contributed by atoms with Crippen molar-refractivity contribution in [3.8, 4) is 0 Å². The molecule has 2 amide bonds. The molecule has 0 saturated carbocycles. The minimum Gasteiger partial charge on any atom is -0.381 e. The quantitative estimate of drug-likeness (QED) is 0.601. The first-order valence-electron chi connectivity index (χ1n) is 7.82. The molecule has 0 bridgehead atoms. The van der Waals surface area contributed by atoms with Gasteiger partial charge in [0.2, 0.25) is 9.84 Å². The van der Waals surface area contributed by atoms with Crippen LogP contribution >= 0.6 is 11.3 Å². The second-order valence-corrected chi connectivity index (χ2v) is 9.46. The Labute approximate surface area is 164 Å². The van der Waals surface area contributed by atoms with E-state index in [-0.39, 0.29) is 14.8 Å². The van der Waals surface area contributed by atoms with Crippen LogP contribution in [0.3, 0.4) is 0 Å². The molecule has 1 aromatic carbocycles. The normalized spacial score (nSPS) is 12.3. The fourth-order valence-electron chi connectivity index (χ4n) is 2.11. The van der Waals surface area contributed by atoms with Gasteiger partial charge in [0.05, 0.1) is 5.56 Å². The summed E-state index contributed by atoms with van der Waals surface area (Å²) >= 11 is 0.532. The average Bonchev–Trinajstić information content (AvgIpc) is 2.99. The lowest BCUT2D eigenvalue weighted by atomic mass is 10.1. The van der Waals surface area contributed by atoms with Gasteiger partial charge in [-0.3, -0.25) is 14.6 Å². The maximum atomic E-state index is 14.4. The number of sulfone groups is 1. The molecule has 0 radical (unpaired) electrons. The molecular weight excluding hydrogens is 409 g/mol. The molecular formula is C17H18FN3O5S2. The Bertz CT molecular complexity index is 1070. The van der Waals surface area contributed by atoms with E-state index in [1.54, 1.807) is 0 Å². The van der Waals surface area contributed by atoms with Crippen molar-refractivity contribution >= 4 is 44.2 Å². The number of hydrogen-bond donors (Lipinski definition) is 3. The summed E-state index contributed by atoms with van der Waals surface area (Å²) in [5.41, 5.74) is 3.58. The van der Waals surface area contributed by atoms with Crippen molar-refractivity contribution in [2.75, 3.05) is 12.4 Å². The molecule has 0 aliphatic rings. The number of carbonyl (C=O) groups is 2. The van der Waals surface area contributed by atoms with Crippen molar-refractivity contribution in [2.45, 2.75) is 28.6 Å². The fourth-order valence-corrected chi connectivity index (χ4v) is 4.91. The molecule has 11 heteroatoms. The van der Waals surface area contributed by atoms with E-state index in [4.69, 9.17) is 5.73 Å². The Morgan fingerprint density at radius 1 is 1.32 bits per heavy atom. The Morgan fingerprint density at radius 2 is 1.96 bits per heavy atom. The van der Waals surface area contributed by atoms with Crippen LogP contribution in [0.25, 0.3) is 0 Å². The van der Waals surface area contributed by atoms with Crippen molar-refractivity contribution < 1.29 is 27.5 Å². The second-order valence-electron chi connectivity index (χ2n) is 6.27. The number of nitrogens with two attached hydrogens (primary N) is 1. The summed E-state index contributed by atoms with van der Waals surface area (Å²) in [6.07, 6.45) is 1.36. The lowest BCUT2D eigenvalue weighted by Crippen LogP contribution is -2.36. The number of primary amides is 1. The molecule has 0 fully saturated rings. The van der Waals surface area contributed by atoms with E-state index in [9.17, 15) is 27.5 Å². The van der Waals surface area contributed by atoms with Crippen molar-refractivity contribution in [3.05, 3.63) is 41.2 Å². The number of benzene rings is 1. The summed E-state index contributed by atoms with van der Waals surface area (Å²) < 4.78 is 39.6. The molecule has 28 heavy (non-hydrogen) atoms. The molecule has 0 unspecified atom stereocenters. The molecule has 0 aliphatic carbocycles. The molecule has 150 valence electrons. The number of thiophene rings is 1. The highest BCUT2D eigenvalue weighted by atomic mass is 32.2. The number of hydrogen-bond acceptors (Lipinski definition) is 7. The van der Waals surface area contributed by atoms with E-state index >= 15 is 0 Å². The predicted molar refractivity (Wildman–Crippen MR) is 103 cm³/mol. The molecule has 4 N–H and O–H groups in total. The number of nitrogens with one attached hydrogen (secondary N) is 1. The lowest BCUT2D eigenvalue weighted by molar-refractivity contribution is -0.130. The van der Waals surface area contributed by atoms with Crippen molar-refractivity contribution in [1.29, 1.82) is 0 Å². The number of carbonyl (C=O) groups excluding carboxylic acids is 2. The highest BCUT2D eigenvalue weighted by Gasteiger charge is 2.30. The third kappa shape index (κ3) is 4.43. The first kappa shape index (κ1) is 21.7. The van der Waals surface area contributed by atoms with Gasteiger partial charge >= 0.3 is 0 Å². The standard InChI is InChI=1S/C17H18FN3O5S2/c1-17(2,24)16(23)21-15-10(14(19)22)7-13(27-15)28(25,26)12-5-4-9(8-20-3)6-11(12)18/h4-8,24H,1-3H3,(H2,19,22)(H,21,23). The average molecular weight is 427 g/mol. The van der Waals surface area contributed by atoms with Gasteiger partial charge in [-0.25, -0.2) is 12.8 Å². The zero-order valence-electron chi connectivity index (χ0n) is 15.2. The van der Waals surface area contributed by atoms with Crippen LogP contribution in [0.2, 0.25) is 0 Å². The third-order valence-corrected chi connectivity index (χ3v) is 6.86. The van der Waals surface area contributed by atoms with E-state index in [2.05, 4.69) is 10.3 Å². The molecule has 0 aliphatic heterocycles. The molecule has 1 aromatic heterocycles. The third-order valence-electron chi connectivity index (χ3n) is 3.55. The van der Waals surface area contributed by atoms with Gasteiger partial charge in [0, 0.05) is 13.3 Å². The van der Waals surface area contributed by atoms with Gasteiger partial charge in [0.25, 0.3) is 11.8 Å². The number of anilines is 1. The van der Waals surface area contributed by atoms with Crippen LogP contribution in [0, 0.1) is 5.82 Å². The van der Waals surface area contributed by atoms with Crippen LogP contribution in [0.5, 0.6) is 0 Å². The minimum absolute atomic E-state index is 0.159. The largest absolute Gasteiger partial charge is 0.381 e. The van der Waals surface area contributed by atoms with Gasteiger partial charge in [-0.05, 0) is 37.6 Å². The number of amides is 2. The Morgan fingerprint density at radius 3 is 2.46 bits per heavy atom. The van der Waals surface area contributed by atoms with Crippen LogP contribution in [-0.2, 0) is 14.6 Å². The number of aliphatic imine (C=N–C) groups is 1. The predicted octanol–water partition coefficient (Wildman–Crippen LogP) is 1.58. The summed E-state index contributed by atoms with van der Waals surface area (Å²) in [4.78, 5) is 26.7. The van der Waals surface area contributed by atoms with Gasteiger partial charge in [-0.2, -0.15) is 0 Å². The first-order chi connectivity index (χ1) is 12.9. The van der Waals surface area contributed by atoms with Gasteiger partial charge in [-0.15, -0.1) is 11.3 Å². The molecule has 0 spiro atoms. The number of aliphatic hydroxyl groups is 1. The highest BCUT2D eigenvalue weighted by Crippen LogP contribution is 2.35. The molecule has 0 atom stereocenters. The summed E-state index contributed by atoms with van der Waals surface area (Å²) in [5.74, 6) is -2.84. The Balaban J connectivity index is 2.54. The molecule has 8 nitrogen and oxygen atoms in total. The maximum Gasteiger partial charge on any atom is 0.256 e. The topological polar surface area (TPSA) is 139 Å². The SMILES string of the molecule is CN=Cc1ccc(S(=O)(=O)c2cc(C(N)=O)c(NC(=O)C(C)(C)O)s2)c(F)c1. The van der Waals surface area contributed by atoms with Crippen LogP contribution in [0.15, 0.2) is 38.4 Å². The zero-order valence-corrected chi connectivity index (χ0v) is 16.8. The summed E-state index contributed by atoms with van der Waals surface area (Å²) in [6, 6.07) is 4.44. The van der Waals surface area contributed by atoms with Gasteiger partial charge in [0.1, 0.15) is 25.5 Å². The van der Waals surface area contributed by atoms with E-state index in [1.807, 2.05) is 0 Å². The molecule has 2 rings (SSSR count). The Hall–Kier alpha value is -2.63. The maximum absolute atomic E-state index is 14.4. The van der Waals surface area contributed by atoms with Crippen LogP contribution in [0.4, 0.5) is 9.39 Å². The van der Waals surface area contributed by atoms with E-state index in [0.29, 0.717) is 16.9 Å². The summed E-state index contributed by atoms with van der Waals surface area (Å²) in [6.45, 7) is 2.43. The van der Waals surface area contributed by atoms with Crippen LogP contribution in [-0.4, -0.2) is 44.2 Å². The van der Waals surface area contributed by atoms with Crippen molar-refractivity contribution in [3.63, 3.8) is 0 Å². The van der Waals surface area contributed by atoms with E-state index in [1.165, 1.54) is 33.2 Å². The lowest BCUT2D eigenvalue weighted by Gasteiger charge is -2.16. The molecule has 1 heterocycles. The molecule has 0 saturated heterocycles. The van der Waals surface area contributed by atoms with Gasteiger partial charge < -0.3 is 16.2 Å². The monoisotopic (exact) mass is 427 g/mol. The van der Waals surface area contributed by atoms with Crippen LogP contribution in [0.1, 0.15) is 29.8 Å². The van der Waals surface area contributed by atoms with Crippen LogP contribution < -0.4 is 11.1 Å². The summed E-state index contributed by atoms with van der Waals surface area (Å²) in [7, 11) is -2.84. The smallest absolute Gasteiger partial charge is 0.256 e. The van der Waals surface area contributed by atoms with E-state index in [0.717, 1.165) is 18.2 Å². The van der Waals surface area contributed by atoms with Crippen molar-refractivity contribution in [2.24, 2.45) is 10.7 Å². The van der Waals surface area contributed by atoms with E-state index < -0.39 is 38.0 Å². The Kier molecular flexibility index (Phi) is 6.02. The van der Waals surface area contributed by atoms with Gasteiger partial charge in [-0.1, -0.05) is 6.07 Å². The van der Waals surface area contributed by atoms with Gasteiger partial charge in [0.15, 0.2) is 0 Å². The number of halogens is 1. The second kappa shape index (κ2) is 7.78. The van der Waals surface area contributed by atoms with Crippen molar-refractivity contribution in [1.82, 2.24) is 0 Å². The summed E-state index contributed by atoms with van der Waals surface area (Å²) in [5, 5.41) is 11.8. The number of rotatable bonds is 6. The first-order valence-corrected chi connectivity index (χ1v) is 10.1. The highest BCUT2D eigenvalue weighted by molar-refractivity contribution is 7.93. The number of nitrogens with zero attached hydrogens (tertiary/aromatic N) is 1. The zero-order chi connectivity index (χ0) is 21.3.